The highest BCUT2D eigenvalue weighted by atomic mass is 15.1. The number of hydrogen-bond donors (Lipinski definition) is 2. The van der Waals surface area contributed by atoms with Crippen molar-refractivity contribution in [2.45, 2.75) is 46.0 Å². The molecular formula is C16H26N4. The zero-order valence-electron chi connectivity index (χ0n) is 12.9. The zero-order valence-corrected chi connectivity index (χ0v) is 12.9. The second kappa shape index (κ2) is 5.58. The summed E-state index contributed by atoms with van der Waals surface area (Å²) in [6.45, 7) is 5.27. The Labute approximate surface area is 121 Å². The van der Waals surface area contributed by atoms with Crippen molar-refractivity contribution >= 4 is 11.6 Å². The molecule has 0 radical (unpaired) electrons. The molecule has 2 aliphatic rings. The molecule has 0 aliphatic heterocycles. The lowest BCUT2D eigenvalue weighted by Crippen LogP contribution is -2.21. The molecule has 4 heteroatoms. The van der Waals surface area contributed by atoms with E-state index in [0.29, 0.717) is 0 Å². The Morgan fingerprint density at radius 1 is 1.15 bits per heavy atom. The van der Waals surface area contributed by atoms with Gasteiger partial charge in [-0.2, -0.15) is 0 Å². The molecular weight excluding hydrogens is 248 g/mol. The number of nitrogens with zero attached hydrogens (tertiary/aromatic N) is 2. The number of fused-ring (bicyclic) bond motifs is 2. The molecule has 1 aromatic rings. The summed E-state index contributed by atoms with van der Waals surface area (Å²) in [5.41, 5.74) is 1.13. The summed E-state index contributed by atoms with van der Waals surface area (Å²) < 4.78 is 0. The third-order valence-corrected chi connectivity index (χ3v) is 5.16. The van der Waals surface area contributed by atoms with E-state index in [1.54, 1.807) is 0 Å². The molecule has 3 rings (SSSR count). The van der Waals surface area contributed by atoms with Gasteiger partial charge in [0.1, 0.15) is 17.5 Å². The predicted octanol–water partition coefficient (Wildman–Crippen LogP) is 3.24. The fourth-order valence-electron chi connectivity index (χ4n) is 3.99. The maximum Gasteiger partial charge on any atom is 0.134 e. The van der Waals surface area contributed by atoms with Crippen LogP contribution in [0.3, 0.4) is 0 Å². The molecule has 2 saturated carbocycles. The molecule has 0 aromatic carbocycles. The van der Waals surface area contributed by atoms with E-state index >= 15 is 0 Å². The van der Waals surface area contributed by atoms with Gasteiger partial charge in [-0.15, -0.1) is 0 Å². The molecule has 1 heterocycles. The van der Waals surface area contributed by atoms with Gasteiger partial charge < -0.3 is 10.6 Å². The summed E-state index contributed by atoms with van der Waals surface area (Å²) in [5, 5.41) is 6.77. The minimum absolute atomic E-state index is 0.853. The van der Waals surface area contributed by atoms with Crippen LogP contribution >= 0.6 is 0 Å². The summed E-state index contributed by atoms with van der Waals surface area (Å²) in [6.07, 6.45) is 6.68. The first-order chi connectivity index (χ1) is 9.71. The van der Waals surface area contributed by atoms with Gasteiger partial charge in [0.2, 0.25) is 0 Å². The molecule has 3 unspecified atom stereocenters. The minimum Gasteiger partial charge on any atom is -0.373 e. The van der Waals surface area contributed by atoms with Gasteiger partial charge in [-0.25, -0.2) is 9.97 Å². The van der Waals surface area contributed by atoms with Gasteiger partial charge in [0.25, 0.3) is 0 Å². The Balaban J connectivity index is 1.70. The van der Waals surface area contributed by atoms with Crippen LogP contribution in [0.1, 0.15) is 44.0 Å². The van der Waals surface area contributed by atoms with E-state index in [1.165, 1.54) is 25.7 Å². The highest BCUT2D eigenvalue weighted by Crippen LogP contribution is 2.48. The van der Waals surface area contributed by atoms with Crippen LogP contribution in [-0.4, -0.2) is 23.6 Å². The maximum absolute atomic E-state index is 4.66. The van der Waals surface area contributed by atoms with Crippen molar-refractivity contribution in [2.24, 2.45) is 17.8 Å². The lowest BCUT2D eigenvalue weighted by Gasteiger charge is -2.23. The molecule has 2 aliphatic carbocycles. The summed E-state index contributed by atoms with van der Waals surface area (Å²) in [5.74, 6) is 5.71. The third kappa shape index (κ3) is 2.48. The summed E-state index contributed by atoms with van der Waals surface area (Å²) in [6, 6.07) is 0. The number of anilines is 2. The van der Waals surface area contributed by atoms with E-state index in [9.17, 15) is 0 Å². The monoisotopic (exact) mass is 274 g/mol. The number of aryl methyl sites for hydroxylation is 1. The highest BCUT2D eigenvalue weighted by Gasteiger charge is 2.39. The van der Waals surface area contributed by atoms with Gasteiger partial charge in [0, 0.05) is 25.6 Å². The van der Waals surface area contributed by atoms with Gasteiger partial charge in [0.05, 0.1) is 0 Å². The Morgan fingerprint density at radius 3 is 2.55 bits per heavy atom. The van der Waals surface area contributed by atoms with Gasteiger partial charge in [0.15, 0.2) is 0 Å². The van der Waals surface area contributed by atoms with Crippen LogP contribution < -0.4 is 10.6 Å². The number of hydrogen-bond acceptors (Lipinski definition) is 4. The quantitative estimate of drug-likeness (QED) is 0.865. The van der Waals surface area contributed by atoms with E-state index in [-0.39, 0.29) is 0 Å². The molecule has 20 heavy (non-hydrogen) atoms. The second-order valence-corrected chi connectivity index (χ2v) is 6.38. The SMILES string of the molecule is CCc1nc(NC)c(C)c(NCC2CC3CCC2C3)n1. The van der Waals surface area contributed by atoms with E-state index in [1.807, 2.05) is 7.05 Å². The summed E-state index contributed by atoms with van der Waals surface area (Å²) in [7, 11) is 1.93. The van der Waals surface area contributed by atoms with Crippen LogP contribution in [0.15, 0.2) is 0 Å². The smallest absolute Gasteiger partial charge is 0.134 e. The van der Waals surface area contributed by atoms with Crippen molar-refractivity contribution in [3.05, 3.63) is 11.4 Å². The van der Waals surface area contributed by atoms with Gasteiger partial charge >= 0.3 is 0 Å². The van der Waals surface area contributed by atoms with Crippen molar-refractivity contribution in [2.75, 3.05) is 24.2 Å². The van der Waals surface area contributed by atoms with Gasteiger partial charge in [-0.1, -0.05) is 13.3 Å². The van der Waals surface area contributed by atoms with Crippen molar-refractivity contribution in [3.63, 3.8) is 0 Å². The van der Waals surface area contributed by atoms with E-state index in [4.69, 9.17) is 0 Å². The Kier molecular flexibility index (Phi) is 3.81. The molecule has 110 valence electrons. The average molecular weight is 274 g/mol. The van der Waals surface area contributed by atoms with E-state index in [0.717, 1.165) is 53.7 Å². The third-order valence-electron chi connectivity index (χ3n) is 5.16. The first kappa shape index (κ1) is 13.7. The van der Waals surface area contributed by atoms with Crippen LogP contribution in [0.2, 0.25) is 0 Å². The van der Waals surface area contributed by atoms with Crippen molar-refractivity contribution in [1.82, 2.24) is 9.97 Å². The average Bonchev–Trinajstić information content (AvgIpc) is 3.08. The zero-order chi connectivity index (χ0) is 14.1. The number of nitrogens with one attached hydrogen (secondary N) is 2. The molecule has 1 aromatic heterocycles. The maximum atomic E-state index is 4.66. The normalized spacial score (nSPS) is 27.9. The van der Waals surface area contributed by atoms with Crippen molar-refractivity contribution in [1.29, 1.82) is 0 Å². The standard InChI is InChI=1S/C16H26N4/c1-4-14-19-15(17-3)10(2)16(20-14)18-9-13-8-11-5-6-12(13)7-11/h11-13H,4-9H2,1-3H3,(H2,17,18,19,20). The Bertz CT molecular complexity index is 486. The molecule has 0 saturated heterocycles. The van der Waals surface area contributed by atoms with Crippen LogP contribution in [0.4, 0.5) is 11.6 Å². The van der Waals surface area contributed by atoms with Gasteiger partial charge in [-0.3, -0.25) is 0 Å². The lowest BCUT2D eigenvalue weighted by molar-refractivity contribution is 0.348. The van der Waals surface area contributed by atoms with Crippen molar-refractivity contribution < 1.29 is 0 Å². The molecule has 3 atom stereocenters. The fraction of sp³-hybridized carbons (Fsp3) is 0.750. The first-order valence-corrected chi connectivity index (χ1v) is 8.00. The van der Waals surface area contributed by atoms with E-state index in [2.05, 4.69) is 34.4 Å². The van der Waals surface area contributed by atoms with Gasteiger partial charge in [-0.05, 0) is 43.9 Å². The van der Waals surface area contributed by atoms with Crippen LogP contribution in [0, 0.1) is 24.7 Å². The van der Waals surface area contributed by atoms with Crippen LogP contribution in [0.5, 0.6) is 0 Å². The molecule has 4 nitrogen and oxygen atoms in total. The highest BCUT2D eigenvalue weighted by molar-refractivity contribution is 5.57. The number of aromatic nitrogens is 2. The Morgan fingerprint density at radius 2 is 1.95 bits per heavy atom. The lowest BCUT2D eigenvalue weighted by atomic mass is 9.89. The van der Waals surface area contributed by atoms with Crippen LogP contribution in [0.25, 0.3) is 0 Å². The largest absolute Gasteiger partial charge is 0.373 e. The van der Waals surface area contributed by atoms with Crippen molar-refractivity contribution in [3.8, 4) is 0 Å². The first-order valence-electron chi connectivity index (χ1n) is 8.00. The topological polar surface area (TPSA) is 49.8 Å². The number of rotatable bonds is 5. The summed E-state index contributed by atoms with van der Waals surface area (Å²) in [4.78, 5) is 9.19. The fourth-order valence-corrected chi connectivity index (χ4v) is 3.99. The van der Waals surface area contributed by atoms with E-state index < -0.39 is 0 Å². The minimum atomic E-state index is 0.853. The molecule has 2 bridgehead atoms. The molecule has 0 amide bonds. The van der Waals surface area contributed by atoms with Crippen LogP contribution in [-0.2, 0) is 6.42 Å². The molecule has 0 spiro atoms. The Hall–Kier alpha value is -1.32. The summed E-state index contributed by atoms with van der Waals surface area (Å²) >= 11 is 0. The predicted molar refractivity (Wildman–Crippen MR) is 83.1 cm³/mol. The molecule has 2 fully saturated rings. The second-order valence-electron chi connectivity index (χ2n) is 6.38. The molecule has 2 N–H and O–H groups in total.